The Hall–Kier alpha value is -4.01. The van der Waals surface area contributed by atoms with E-state index in [9.17, 15) is 9.18 Å². The molecule has 0 aliphatic carbocycles. The van der Waals surface area contributed by atoms with Crippen molar-refractivity contribution in [3.8, 4) is 11.4 Å². The average Bonchev–Trinajstić information content (AvgIpc) is 3.26. The molecule has 186 valence electrons. The number of carbonyl (C=O) groups is 1. The zero-order chi connectivity index (χ0) is 25.2. The van der Waals surface area contributed by atoms with Gasteiger partial charge in [0.1, 0.15) is 17.1 Å². The highest BCUT2D eigenvalue weighted by atomic mass is 19.1. The lowest BCUT2D eigenvalue weighted by Gasteiger charge is -2.32. The van der Waals surface area contributed by atoms with Crippen LogP contribution in [0.4, 0.5) is 10.2 Å². The Balaban J connectivity index is 1.40. The maximum Gasteiger partial charge on any atom is 0.225 e. The van der Waals surface area contributed by atoms with E-state index in [0.717, 1.165) is 53.1 Å². The van der Waals surface area contributed by atoms with Gasteiger partial charge in [-0.05, 0) is 57.0 Å². The summed E-state index contributed by atoms with van der Waals surface area (Å²) in [5.74, 6) is 0.828. The molecule has 5 rings (SSSR count). The minimum atomic E-state index is -0.316. The van der Waals surface area contributed by atoms with Crippen LogP contribution in [0.25, 0.3) is 16.6 Å². The van der Waals surface area contributed by atoms with E-state index < -0.39 is 0 Å². The number of hydrogen-bond donors (Lipinski definition) is 1. The molecule has 1 fully saturated rings. The number of carbonyl (C=O) groups excluding carboxylic acids is 1. The molecular weight excluding hydrogens is 459 g/mol. The van der Waals surface area contributed by atoms with Gasteiger partial charge in [-0.15, -0.1) is 5.10 Å². The molecule has 0 unspecified atom stereocenters. The van der Waals surface area contributed by atoms with Crippen molar-refractivity contribution < 1.29 is 13.9 Å². The maximum atomic E-state index is 14.0. The van der Waals surface area contributed by atoms with Crippen molar-refractivity contribution >= 4 is 22.6 Å². The Kier molecular flexibility index (Phi) is 6.54. The fourth-order valence-corrected chi connectivity index (χ4v) is 4.85. The van der Waals surface area contributed by atoms with E-state index in [-0.39, 0.29) is 24.2 Å². The van der Waals surface area contributed by atoms with Crippen LogP contribution < -0.4 is 15.0 Å². The van der Waals surface area contributed by atoms with Gasteiger partial charge in [0.2, 0.25) is 5.91 Å². The Morgan fingerprint density at radius 3 is 2.67 bits per heavy atom. The smallest absolute Gasteiger partial charge is 0.225 e. The van der Waals surface area contributed by atoms with Gasteiger partial charge >= 0.3 is 0 Å². The van der Waals surface area contributed by atoms with E-state index in [1.165, 1.54) is 6.07 Å². The molecule has 0 spiro atoms. The number of nitrogens with one attached hydrogen (secondary N) is 1. The maximum absolute atomic E-state index is 14.0. The molecule has 1 saturated heterocycles. The number of nitrogens with zero attached hydrogens (tertiary/aromatic N) is 5. The summed E-state index contributed by atoms with van der Waals surface area (Å²) in [4.78, 5) is 15.0. The monoisotopic (exact) mass is 488 g/mol. The quantitative estimate of drug-likeness (QED) is 0.440. The Labute approximate surface area is 209 Å². The zero-order valence-electron chi connectivity index (χ0n) is 20.7. The SMILES string of the molecule is COc1ccc(-n2nc3c(N4CCC[C@H](C(=O)NCc5ccccc5F)C4)nnc(C)c3c2C)cc1. The molecule has 9 heteroatoms. The highest BCUT2D eigenvalue weighted by Crippen LogP contribution is 2.32. The van der Waals surface area contributed by atoms with Crippen LogP contribution in [-0.2, 0) is 11.3 Å². The van der Waals surface area contributed by atoms with Crippen molar-refractivity contribution in [2.45, 2.75) is 33.2 Å². The highest BCUT2D eigenvalue weighted by molar-refractivity contribution is 5.92. The summed E-state index contributed by atoms with van der Waals surface area (Å²) in [5, 5.41) is 17.7. The second-order valence-corrected chi connectivity index (χ2v) is 9.12. The molecule has 0 bridgehead atoms. The van der Waals surface area contributed by atoms with E-state index in [4.69, 9.17) is 9.84 Å². The van der Waals surface area contributed by atoms with Crippen LogP contribution in [0.5, 0.6) is 5.75 Å². The molecule has 36 heavy (non-hydrogen) atoms. The van der Waals surface area contributed by atoms with Crippen LogP contribution in [0.2, 0.25) is 0 Å². The first-order valence-corrected chi connectivity index (χ1v) is 12.1. The van der Waals surface area contributed by atoms with E-state index in [0.29, 0.717) is 17.9 Å². The number of aromatic nitrogens is 4. The predicted octanol–water partition coefficient (Wildman–Crippen LogP) is 4.11. The summed E-state index contributed by atoms with van der Waals surface area (Å²) in [5.41, 5.74) is 3.94. The topological polar surface area (TPSA) is 85.2 Å². The molecule has 8 nitrogen and oxygen atoms in total. The standard InChI is InChI=1S/C27H29FN6O2/c1-17-24-18(2)34(21-10-12-22(36-3)13-11-21)32-25(24)26(31-30-17)33-14-6-8-20(16-33)27(35)29-15-19-7-4-5-9-23(19)28/h4-5,7,9-13,20H,6,8,14-16H2,1-3H3,(H,29,35)/t20-/m0/s1. The van der Waals surface area contributed by atoms with Gasteiger partial charge in [-0.1, -0.05) is 18.2 Å². The summed E-state index contributed by atoms with van der Waals surface area (Å²) in [6.45, 7) is 5.39. The van der Waals surface area contributed by atoms with Crippen molar-refractivity contribution in [2.24, 2.45) is 5.92 Å². The summed E-state index contributed by atoms with van der Waals surface area (Å²) in [6.07, 6.45) is 1.61. The molecule has 4 aromatic rings. The minimum Gasteiger partial charge on any atom is -0.497 e. The van der Waals surface area contributed by atoms with Gasteiger partial charge in [0.15, 0.2) is 5.82 Å². The number of amides is 1. The van der Waals surface area contributed by atoms with Crippen LogP contribution in [0.15, 0.2) is 48.5 Å². The summed E-state index contributed by atoms with van der Waals surface area (Å²) in [6, 6.07) is 14.2. The van der Waals surface area contributed by atoms with Crippen LogP contribution in [-0.4, -0.2) is 46.1 Å². The zero-order valence-corrected chi connectivity index (χ0v) is 20.7. The number of fused-ring (bicyclic) bond motifs is 1. The van der Waals surface area contributed by atoms with Crippen LogP contribution in [0, 0.1) is 25.6 Å². The van der Waals surface area contributed by atoms with Gasteiger partial charge in [0, 0.05) is 25.2 Å². The van der Waals surface area contributed by atoms with Gasteiger partial charge in [-0.2, -0.15) is 10.2 Å². The molecule has 1 amide bonds. The molecule has 0 radical (unpaired) electrons. The first kappa shape index (κ1) is 23.7. The Morgan fingerprint density at radius 2 is 1.92 bits per heavy atom. The Bertz CT molecular complexity index is 1400. The van der Waals surface area contributed by atoms with Gasteiger partial charge in [0.05, 0.1) is 35.5 Å². The third-order valence-corrected chi connectivity index (χ3v) is 6.80. The van der Waals surface area contributed by atoms with Crippen molar-refractivity contribution in [3.05, 3.63) is 71.3 Å². The number of hydrogen-bond acceptors (Lipinski definition) is 6. The molecule has 3 heterocycles. The van der Waals surface area contributed by atoms with Crippen LogP contribution in [0.1, 0.15) is 29.8 Å². The number of ether oxygens (including phenoxy) is 1. The van der Waals surface area contributed by atoms with Crippen molar-refractivity contribution in [2.75, 3.05) is 25.1 Å². The normalized spacial score (nSPS) is 15.8. The van der Waals surface area contributed by atoms with E-state index in [1.54, 1.807) is 25.3 Å². The molecule has 0 saturated carbocycles. The number of rotatable bonds is 6. The molecule has 1 aliphatic rings. The fourth-order valence-electron chi connectivity index (χ4n) is 4.85. The van der Waals surface area contributed by atoms with Gasteiger partial charge in [-0.3, -0.25) is 4.79 Å². The molecule has 1 N–H and O–H groups in total. The summed E-state index contributed by atoms with van der Waals surface area (Å²) < 4.78 is 21.1. The largest absolute Gasteiger partial charge is 0.497 e. The lowest BCUT2D eigenvalue weighted by molar-refractivity contribution is -0.125. The predicted molar refractivity (Wildman–Crippen MR) is 136 cm³/mol. The average molecular weight is 489 g/mol. The van der Waals surface area contributed by atoms with Crippen molar-refractivity contribution in [1.29, 1.82) is 0 Å². The number of aryl methyl sites for hydroxylation is 2. The second kappa shape index (κ2) is 9.93. The molecule has 2 aromatic carbocycles. The van der Waals surface area contributed by atoms with Crippen molar-refractivity contribution in [3.63, 3.8) is 0 Å². The third kappa shape index (κ3) is 4.48. The number of piperidine rings is 1. The minimum absolute atomic E-state index is 0.0841. The highest BCUT2D eigenvalue weighted by Gasteiger charge is 2.29. The number of anilines is 1. The first-order chi connectivity index (χ1) is 17.5. The van der Waals surface area contributed by atoms with Gasteiger partial charge < -0.3 is 15.0 Å². The van der Waals surface area contributed by atoms with E-state index in [2.05, 4.69) is 20.4 Å². The number of benzene rings is 2. The lowest BCUT2D eigenvalue weighted by Crippen LogP contribution is -2.43. The summed E-state index contributed by atoms with van der Waals surface area (Å²) in [7, 11) is 1.64. The van der Waals surface area contributed by atoms with E-state index in [1.807, 2.05) is 42.8 Å². The van der Waals surface area contributed by atoms with Crippen LogP contribution in [0.3, 0.4) is 0 Å². The number of halogens is 1. The lowest BCUT2D eigenvalue weighted by atomic mass is 9.97. The third-order valence-electron chi connectivity index (χ3n) is 6.80. The number of methoxy groups -OCH3 is 1. The van der Waals surface area contributed by atoms with Crippen LogP contribution >= 0.6 is 0 Å². The molecule has 1 aliphatic heterocycles. The molecule has 2 aromatic heterocycles. The van der Waals surface area contributed by atoms with E-state index >= 15 is 0 Å². The Morgan fingerprint density at radius 1 is 1.14 bits per heavy atom. The first-order valence-electron chi connectivity index (χ1n) is 12.1. The second-order valence-electron chi connectivity index (χ2n) is 9.12. The van der Waals surface area contributed by atoms with Crippen molar-refractivity contribution in [1.82, 2.24) is 25.3 Å². The fraction of sp³-hybridized carbons (Fsp3) is 0.333. The molecule has 1 atom stereocenters. The van der Waals surface area contributed by atoms with Gasteiger partial charge in [-0.25, -0.2) is 9.07 Å². The van der Waals surface area contributed by atoms with Gasteiger partial charge in [0.25, 0.3) is 0 Å². The molecular formula is C27H29FN6O2. The summed E-state index contributed by atoms with van der Waals surface area (Å²) >= 11 is 0.